The Hall–Kier alpha value is -0.610. The van der Waals surface area contributed by atoms with Gasteiger partial charge in [-0.1, -0.05) is 29.8 Å². The maximum atomic E-state index is 6.25. The summed E-state index contributed by atoms with van der Waals surface area (Å²) in [6.45, 7) is 5.98. The molecule has 1 aromatic carbocycles. The molecule has 4 heteroatoms. The van der Waals surface area contributed by atoms with E-state index in [1.807, 2.05) is 18.2 Å². The standard InChI is InChI=1S/C15H23ClN2O/c1-12(14-5-3-4-6-15(14)16)18(2)9-7-13-11-17-8-10-19-13/h3-6,12-13,17H,7-11H2,1-2H3. The fourth-order valence-corrected chi connectivity index (χ4v) is 2.69. The molecule has 1 aliphatic heterocycles. The van der Waals surface area contributed by atoms with Crippen LogP contribution in [0.3, 0.4) is 0 Å². The largest absolute Gasteiger partial charge is 0.376 e. The van der Waals surface area contributed by atoms with Gasteiger partial charge in [0.2, 0.25) is 0 Å². The second-order valence-electron chi connectivity index (χ2n) is 5.16. The van der Waals surface area contributed by atoms with E-state index >= 15 is 0 Å². The summed E-state index contributed by atoms with van der Waals surface area (Å²) >= 11 is 6.25. The van der Waals surface area contributed by atoms with Crippen molar-refractivity contribution < 1.29 is 4.74 Å². The van der Waals surface area contributed by atoms with E-state index in [2.05, 4.69) is 30.3 Å². The summed E-state index contributed by atoms with van der Waals surface area (Å²) in [5.74, 6) is 0. The fraction of sp³-hybridized carbons (Fsp3) is 0.600. The molecule has 0 radical (unpaired) electrons. The van der Waals surface area contributed by atoms with E-state index < -0.39 is 0 Å². The van der Waals surface area contributed by atoms with Crippen molar-refractivity contribution in [2.75, 3.05) is 33.3 Å². The van der Waals surface area contributed by atoms with Crippen molar-refractivity contribution in [3.8, 4) is 0 Å². The summed E-state index contributed by atoms with van der Waals surface area (Å²) in [5, 5.41) is 4.21. The molecule has 1 N–H and O–H groups in total. The smallest absolute Gasteiger partial charge is 0.0712 e. The molecule has 1 aliphatic rings. The molecule has 2 atom stereocenters. The maximum absolute atomic E-state index is 6.25. The lowest BCUT2D eigenvalue weighted by Gasteiger charge is -2.29. The Morgan fingerprint density at radius 3 is 2.95 bits per heavy atom. The Balaban J connectivity index is 1.85. The Bertz CT molecular complexity index is 393. The summed E-state index contributed by atoms with van der Waals surface area (Å²) in [4.78, 5) is 2.33. The van der Waals surface area contributed by atoms with Gasteiger partial charge in [-0.05, 0) is 32.0 Å². The second-order valence-corrected chi connectivity index (χ2v) is 5.57. The van der Waals surface area contributed by atoms with Crippen molar-refractivity contribution in [2.24, 2.45) is 0 Å². The van der Waals surface area contributed by atoms with Crippen LogP contribution in [-0.2, 0) is 4.74 Å². The zero-order valence-electron chi connectivity index (χ0n) is 11.7. The van der Waals surface area contributed by atoms with E-state index in [9.17, 15) is 0 Å². The van der Waals surface area contributed by atoms with Gasteiger partial charge in [-0.15, -0.1) is 0 Å². The predicted molar refractivity (Wildman–Crippen MR) is 79.7 cm³/mol. The third-order valence-corrected chi connectivity index (χ3v) is 4.17. The van der Waals surface area contributed by atoms with Crippen LogP contribution in [0, 0.1) is 0 Å². The minimum Gasteiger partial charge on any atom is -0.376 e. The molecule has 1 aromatic rings. The van der Waals surface area contributed by atoms with Gasteiger partial charge in [0.25, 0.3) is 0 Å². The molecule has 3 nitrogen and oxygen atoms in total. The van der Waals surface area contributed by atoms with Crippen molar-refractivity contribution in [1.82, 2.24) is 10.2 Å². The van der Waals surface area contributed by atoms with Gasteiger partial charge in [0.1, 0.15) is 0 Å². The van der Waals surface area contributed by atoms with Crippen molar-refractivity contribution in [3.05, 3.63) is 34.9 Å². The van der Waals surface area contributed by atoms with Gasteiger partial charge in [-0.2, -0.15) is 0 Å². The lowest BCUT2D eigenvalue weighted by Crippen LogP contribution is -2.40. The lowest BCUT2D eigenvalue weighted by molar-refractivity contribution is 0.0169. The highest BCUT2D eigenvalue weighted by molar-refractivity contribution is 6.31. The third kappa shape index (κ3) is 4.18. The number of rotatable bonds is 5. The van der Waals surface area contributed by atoms with Crippen LogP contribution < -0.4 is 5.32 Å². The van der Waals surface area contributed by atoms with Crippen molar-refractivity contribution >= 4 is 11.6 Å². The van der Waals surface area contributed by atoms with Gasteiger partial charge in [0.15, 0.2) is 0 Å². The van der Waals surface area contributed by atoms with Gasteiger partial charge in [-0.3, -0.25) is 4.90 Å². The van der Waals surface area contributed by atoms with E-state index in [4.69, 9.17) is 16.3 Å². The molecule has 2 unspecified atom stereocenters. The molecule has 0 aromatic heterocycles. The monoisotopic (exact) mass is 282 g/mol. The summed E-state index contributed by atoms with van der Waals surface area (Å²) in [5.41, 5.74) is 1.19. The number of halogens is 1. The van der Waals surface area contributed by atoms with Crippen LogP contribution in [0.5, 0.6) is 0 Å². The first-order valence-electron chi connectivity index (χ1n) is 6.95. The molecular formula is C15H23ClN2O. The van der Waals surface area contributed by atoms with Gasteiger partial charge >= 0.3 is 0 Å². The molecular weight excluding hydrogens is 260 g/mol. The predicted octanol–water partition coefficient (Wildman–Crippen LogP) is 2.71. The third-order valence-electron chi connectivity index (χ3n) is 3.82. The SMILES string of the molecule is CC(c1ccccc1Cl)N(C)CCC1CNCCO1. The molecule has 0 saturated carbocycles. The zero-order chi connectivity index (χ0) is 13.7. The van der Waals surface area contributed by atoms with Crippen molar-refractivity contribution in [2.45, 2.75) is 25.5 Å². The van der Waals surface area contributed by atoms with E-state index in [1.54, 1.807) is 0 Å². The van der Waals surface area contributed by atoms with E-state index in [-0.39, 0.29) is 0 Å². The second kappa shape index (κ2) is 7.25. The molecule has 0 bridgehead atoms. The summed E-state index contributed by atoms with van der Waals surface area (Å²) < 4.78 is 5.72. The number of hydrogen-bond donors (Lipinski definition) is 1. The normalized spacial score (nSPS) is 21.6. The molecule has 106 valence electrons. The first-order chi connectivity index (χ1) is 9.18. The highest BCUT2D eigenvalue weighted by Crippen LogP contribution is 2.26. The number of morpholine rings is 1. The highest BCUT2D eigenvalue weighted by Gasteiger charge is 2.18. The first kappa shape index (κ1) is 14.8. The minimum absolute atomic E-state index is 0.324. The quantitative estimate of drug-likeness (QED) is 0.899. The van der Waals surface area contributed by atoms with E-state index in [0.29, 0.717) is 12.1 Å². The van der Waals surface area contributed by atoms with Crippen LogP contribution in [0.25, 0.3) is 0 Å². The van der Waals surface area contributed by atoms with Gasteiger partial charge in [0, 0.05) is 30.7 Å². The van der Waals surface area contributed by atoms with Crippen LogP contribution in [-0.4, -0.2) is 44.3 Å². The number of hydrogen-bond acceptors (Lipinski definition) is 3. The Morgan fingerprint density at radius 1 is 1.47 bits per heavy atom. The molecule has 1 saturated heterocycles. The molecule has 1 heterocycles. The number of ether oxygens (including phenoxy) is 1. The van der Waals surface area contributed by atoms with Gasteiger partial charge < -0.3 is 10.1 Å². The molecule has 0 aliphatic carbocycles. The number of benzene rings is 1. The molecule has 19 heavy (non-hydrogen) atoms. The van der Waals surface area contributed by atoms with Crippen LogP contribution in [0.2, 0.25) is 5.02 Å². The van der Waals surface area contributed by atoms with Gasteiger partial charge in [0.05, 0.1) is 12.7 Å². The highest BCUT2D eigenvalue weighted by atomic mass is 35.5. The number of nitrogens with zero attached hydrogens (tertiary/aromatic N) is 1. The number of nitrogens with one attached hydrogen (secondary N) is 1. The Kier molecular flexibility index (Phi) is 5.64. The van der Waals surface area contributed by atoms with Crippen LogP contribution in [0.4, 0.5) is 0 Å². The van der Waals surface area contributed by atoms with E-state index in [1.165, 1.54) is 5.56 Å². The Labute approximate surface area is 120 Å². The Morgan fingerprint density at radius 2 is 2.26 bits per heavy atom. The molecule has 0 spiro atoms. The summed E-state index contributed by atoms with van der Waals surface area (Å²) in [7, 11) is 2.14. The maximum Gasteiger partial charge on any atom is 0.0712 e. The van der Waals surface area contributed by atoms with Gasteiger partial charge in [-0.25, -0.2) is 0 Å². The molecule has 2 rings (SSSR count). The summed E-state index contributed by atoms with van der Waals surface area (Å²) in [6.07, 6.45) is 1.40. The summed E-state index contributed by atoms with van der Waals surface area (Å²) in [6, 6.07) is 8.39. The first-order valence-corrected chi connectivity index (χ1v) is 7.33. The molecule has 1 fully saturated rings. The zero-order valence-corrected chi connectivity index (χ0v) is 12.5. The molecule has 0 amide bonds. The van der Waals surface area contributed by atoms with Crippen LogP contribution >= 0.6 is 11.6 Å². The minimum atomic E-state index is 0.324. The van der Waals surface area contributed by atoms with Crippen molar-refractivity contribution in [3.63, 3.8) is 0 Å². The lowest BCUT2D eigenvalue weighted by atomic mass is 10.1. The van der Waals surface area contributed by atoms with Crippen LogP contribution in [0.15, 0.2) is 24.3 Å². The van der Waals surface area contributed by atoms with E-state index in [0.717, 1.165) is 37.7 Å². The topological polar surface area (TPSA) is 24.5 Å². The average Bonchev–Trinajstić information content (AvgIpc) is 2.45. The average molecular weight is 283 g/mol. The fourth-order valence-electron chi connectivity index (χ4n) is 2.40. The van der Waals surface area contributed by atoms with Crippen molar-refractivity contribution in [1.29, 1.82) is 0 Å². The van der Waals surface area contributed by atoms with Crippen LogP contribution in [0.1, 0.15) is 24.9 Å².